The average molecular weight is 310 g/mol. The Balaban J connectivity index is 2.21. The summed E-state index contributed by atoms with van der Waals surface area (Å²) in [6.07, 6.45) is 2.28. The number of amides is 1. The third-order valence-corrected chi connectivity index (χ3v) is 5.59. The Morgan fingerprint density at radius 2 is 1.95 bits per heavy atom. The van der Waals surface area contributed by atoms with E-state index in [1.54, 1.807) is 18.2 Å². The van der Waals surface area contributed by atoms with Gasteiger partial charge < -0.3 is 10.6 Å². The lowest BCUT2D eigenvalue weighted by atomic mass is 10.1. The number of carbonyl (C=O) groups is 1. The van der Waals surface area contributed by atoms with Crippen LogP contribution in [0.15, 0.2) is 29.2 Å². The molecule has 21 heavy (non-hydrogen) atoms. The largest absolute Gasteiger partial charge is 0.349 e. The molecule has 116 valence electrons. The monoisotopic (exact) mass is 310 g/mol. The molecule has 1 fully saturated rings. The first-order valence-corrected chi connectivity index (χ1v) is 9.03. The number of hydrogen-bond acceptors (Lipinski definition) is 4. The highest BCUT2D eigenvalue weighted by molar-refractivity contribution is 7.91. The van der Waals surface area contributed by atoms with Crippen molar-refractivity contribution in [3.63, 3.8) is 0 Å². The second-order valence-electron chi connectivity index (χ2n) is 5.31. The number of rotatable bonds is 5. The van der Waals surface area contributed by atoms with Crippen molar-refractivity contribution in [1.82, 2.24) is 10.6 Å². The topological polar surface area (TPSA) is 75.3 Å². The van der Waals surface area contributed by atoms with E-state index in [-0.39, 0.29) is 28.2 Å². The van der Waals surface area contributed by atoms with Crippen molar-refractivity contribution in [2.24, 2.45) is 0 Å². The SMILES string of the molecule is CCCS(=O)(=O)c1ccccc1C(=O)NC1CCNCC1. The summed E-state index contributed by atoms with van der Waals surface area (Å²) in [6.45, 7) is 3.57. The van der Waals surface area contributed by atoms with Gasteiger partial charge in [0.05, 0.1) is 16.2 Å². The van der Waals surface area contributed by atoms with E-state index >= 15 is 0 Å². The number of hydrogen-bond donors (Lipinski definition) is 2. The fraction of sp³-hybridized carbons (Fsp3) is 0.533. The number of carbonyl (C=O) groups excluding carboxylic acids is 1. The van der Waals surface area contributed by atoms with Gasteiger partial charge in [-0.25, -0.2) is 8.42 Å². The Morgan fingerprint density at radius 3 is 2.62 bits per heavy atom. The normalized spacial score (nSPS) is 16.6. The van der Waals surface area contributed by atoms with E-state index in [9.17, 15) is 13.2 Å². The van der Waals surface area contributed by atoms with Crippen LogP contribution in [0.3, 0.4) is 0 Å². The summed E-state index contributed by atoms with van der Waals surface area (Å²) in [5.74, 6) is -0.234. The van der Waals surface area contributed by atoms with E-state index in [2.05, 4.69) is 10.6 Å². The summed E-state index contributed by atoms with van der Waals surface area (Å²) in [5.41, 5.74) is 0.254. The first kappa shape index (κ1) is 16.0. The molecule has 0 spiro atoms. The maximum absolute atomic E-state index is 12.4. The lowest BCUT2D eigenvalue weighted by molar-refractivity contribution is 0.0926. The number of benzene rings is 1. The van der Waals surface area contributed by atoms with Crippen LogP contribution in [0.1, 0.15) is 36.5 Å². The number of nitrogens with one attached hydrogen (secondary N) is 2. The van der Waals surface area contributed by atoms with Gasteiger partial charge in [0.15, 0.2) is 9.84 Å². The quantitative estimate of drug-likeness (QED) is 0.861. The number of sulfone groups is 1. The molecular weight excluding hydrogens is 288 g/mol. The molecule has 0 aliphatic carbocycles. The average Bonchev–Trinajstić information content (AvgIpc) is 2.48. The summed E-state index contributed by atoms with van der Waals surface area (Å²) in [5, 5.41) is 6.18. The van der Waals surface area contributed by atoms with E-state index in [1.807, 2.05) is 6.92 Å². The molecule has 5 nitrogen and oxygen atoms in total. The summed E-state index contributed by atoms with van der Waals surface area (Å²) in [4.78, 5) is 12.5. The van der Waals surface area contributed by atoms with Crippen LogP contribution >= 0.6 is 0 Å². The second kappa shape index (κ2) is 7.04. The van der Waals surface area contributed by atoms with Gasteiger partial charge in [-0.2, -0.15) is 0 Å². The Hall–Kier alpha value is -1.40. The van der Waals surface area contributed by atoms with Crippen LogP contribution in [0.4, 0.5) is 0 Å². The van der Waals surface area contributed by atoms with Gasteiger partial charge in [0.25, 0.3) is 5.91 Å². The Bertz CT molecular complexity index is 593. The first-order valence-electron chi connectivity index (χ1n) is 7.38. The molecule has 2 N–H and O–H groups in total. The fourth-order valence-electron chi connectivity index (χ4n) is 2.53. The van der Waals surface area contributed by atoms with Crippen molar-refractivity contribution in [2.45, 2.75) is 37.1 Å². The van der Waals surface area contributed by atoms with E-state index < -0.39 is 9.84 Å². The maximum atomic E-state index is 12.4. The molecule has 0 atom stereocenters. The minimum Gasteiger partial charge on any atom is -0.349 e. The molecule has 6 heteroatoms. The molecule has 0 aromatic heterocycles. The highest BCUT2D eigenvalue weighted by Gasteiger charge is 2.23. The molecule has 2 rings (SSSR count). The van der Waals surface area contributed by atoms with Crippen LogP contribution in [0.2, 0.25) is 0 Å². The first-order chi connectivity index (χ1) is 10.0. The van der Waals surface area contributed by atoms with Gasteiger partial charge in [-0.05, 0) is 44.5 Å². The molecule has 1 aliphatic rings. The standard InChI is InChI=1S/C15H22N2O3S/c1-2-11-21(19,20)14-6-4-3-5-13(14)15(18)17-12-7-9-16-10-8-12/h3-6,12,16H,2,7-11H2,1H3,(H,17,18). The smallest absolute Gasteiger partial charge is 0.252 e. The van der Waals surface area contributed by atoms with Gasteiger partial charge in [0.2, 0.25) is 0 Å². The highest BCUT2D eigenvalue weighted by Crippen LogP contribution is 2.18. The summed E-state index contributed by atoms with van der Waals surface area (Å²) in [7, 11) is -3.40. The zero-order valence-corrected chi connectivity index (χ0v) is 13.1. The van der Waals surface area contributed by atoms with E-state index in [0.717, 1.165) is 25.9 Å². The van der Waals surface area contributed by atoms with E-state index in [0.29, 0.717) is 6.42 Å². The molecule has 1 aliphatic heterocycles. The zero-order chi connectivity index (χ0) is 15.3. The van der Waals surface area contributed by atoms with Crippen molar-refractivity contribution >= 4 is 15.7 Å². The third kappa shape index (κ3) is 4.04. The minimum absolute atomic E-state index is 0.0602. The van der Waals surface area contributed by atoms with Crippen LogP contribution in [-0.2, 0) is 9.84 Å². The fourth-order valence-corrected chi connectivity index (χ4v) is 4.07. The highest BCUT2D eigenvalue weighted by atomic mass is 32.2. The molecule has 1 amide bonds. The van der Waals surface area contributed by atoms with Crippen LogP contribution in [0.25, 0.3) is 0 Å². The van der Waals surface area contributed by atoms with Crippen molar-refractivity contribution in [2.75, 3.05) is 18.8 Å². The molecule has 1 aromatic rings. The second-order valence-corrected chi connectivity index (χ2v) is 7.39. The van der Waals surface area contributed by atoms with Crippen molar-refractivity contribution in [3.05, 3.63) is 29.8 Å². The predicted octanol–water partition coefficient (Wildman–Crippen LogP) is 1.35. The molecule has 0 saturated carbocycles. The third-order valence-electron chi connectivity index (χ3n) is 3.61. The minimum atomic E-state index is -3.40. The lowest BCUT2D eigenvalue weighted by Gasteiger charge is -2.24. The maximum Gasteiger partial charge on any atom is 0.252 e. The summed E-state index contributed by atoms with van der Waals surface area (Å²) >= 11 is 0. The molecule has 1 heterocycles. The van der Waals surface area contributed by atoms with Crippen molar-refractivity contribution in [3.8, 4) is 0 Å². The predicted molar refractivity (Wildman–Crippen MR) is 82.1 cm³/mol. The van der Waals surface area contributed by atoms with Crippen molar-refractivity contribution < 1.29 is 13.2 Å². The number of piperidine rings is 1. The van der Waals surface area contributed by atoms with Gasteiger partial charge in [-0.3, -0.25) is 4.79 Å². The van der Waals surface area contributed by atoms with E-state index in [1.165, 1.54) is 6.07 Å². The van der Waals surface area contributed by atoms with Crippen LogP contribution in [-0.4, -0.2) is 39.2 Å². The van der Waals surface area contributed by atoms with Crippen LogP contribution in [0, 0.1) is 0 Å². The van der Waals surface area contributed by atoms with E-state index in [4.69, 9.17) is 0 Å². The van der Waals surface area contributed by atoms with Crippen LogP contribution in [0.5, 0.6) is 0 Å². The summed E-state index contributed by atoms with van der Waals surface area (Å²) < 4.78 is 24.5. The molecule has 0 unspecified atom stereocenters. The van der Waals surface area contributed by atoms with Crippen LogP contribution < -0.4 is 10.6 Å². The molecular formula is C15H22N2O3S. The van der Waals surface area contributed by atoms with Gasteiger partial charge in [0.1, 0.15) is 0 Å². The van der Waals surface area contributed by atoms with Crippen molar-refractivity contribution in [1.29, 1.82) is 0 Å². The molecule has 0 radical (unpaired) electrons. The lowest BCUT2D eigenvalue weighted by Crippen LogP contribution is -2.43. The summed E-state index contributed by atoms with van der Waals surface area (Å²) in [6, 6.07) is 6.56. The Morgan fingerprint density at radius 1 is 1.29 bits per heavy atom. The van der Waals surface area contributed by atoms with Gasteiger partial charge in [-0.1, -0.05) is 19.1 Å². The molecule has 0 bridgehead atoms. The zero-order valence-electron chi connectivity index (χ0n) is 12.3. The van der Waals surface area contributed by atoms with Gasteiger partial charge in [0, 0.05) is 6.04 Å². The Labute approximate surface area is 126 Å². The van der Waals surface area contributed by atoms with Gasteiger partial charge in [-0.15, -0.1) is 0 Å². The molecule has 1 saturated heterocycles. The Kier molecular flexibility index (Phi) is 5.36. The van der Waals surface area contributed by atoms with Gasteiger partial charge >= 0.3 is 0 Å². The molecule has 1 aromatic carbocycles.